The van der Waals surface area contributed by atoms with Crippen molar-refractivity contribution in [1.29, 1.82) is 0 Å². The molecule has 6 heteroatoms. The predicted molar refractivity (Wildman–Crippen MR) is 131 cm³/mol. The van der Waals surface area contributed by atoms with E-state index in [1.54, 1.807) is 12.0 Å². The molecule has 0 bridgehead atoms. The first-order valence-electron chi connectivity index (χ1n) is 11.6. The van der Waals surface area contributed by atoms with E-state index >= 15 is 0 Å². The summed E-state index contributed by atoms with van der Waals surface area (Å²) in [6.07, 6.45) is 0.911. The van der Waals surface area contributed by atoms with E-state index < -0.39 is 6.04 Å². The number of benzene rings is 3. The van der Waals surface area contributed by atoms with Gasteiger partial charge in [-0.05, 0) is 48.2 Å². The van der Waals surface area contributed by atoms with Crippen LogP contribution >= 0.6 is 0 Å². The van der Waals surface area contributed by atoms with Crippen LogP contribution in [0.5, 0.6) is 11.5 Å². The van der Waals surface area contributed by atoms with E-state index in [4.69, 9.17) is 9.47 Å². The maximum absolute atomic E-state index is 13.3. The second-order valence-electron chi connectivity index (χ2n) is 8.24. The molecule has 1 heterocycles. The number of rotatable bonds is 10. The van der Waals surface area contributed by atoms with E-state index in [1.807, 2.05) is 79.7 Å². The molecule has 0 saturated heterocycles. The summed E-state index contributed by atoms with van der Waals surface area (Å²) in [6.45, 7) is 3.43. The van der Waals surface area contributed by atoms with Crippen LogP contribution in [0.15, 0.2) is 72.8 Å². The summed E-state index contributed by atoms with van der Waals surface area (Å²) in [5, 5.41) is 3.02. The SMILES string of the molecule is CCOc1ccc([C@@H](CC(=O)NCCc2ccccc2)N2Cc3ccccc3C2=O)cc1OC. The predicted octanol–water partition coefficient (Wildman–Crippen LogP) is 4.54. The van der Waals surface area contributed by atoms with Crippen molar-refractivity contribution in [3.8, 4) is 11.5 Å². The fourth-order valence-corrected chi connectivity index (χ4v) is 4.34. The molecule has 34 heavy (non-hydrogen) atoms. The molecule has 1 aliphatic heterocycles. The molecule has 2 amide bonds. The van der Waals surface area contributed by atoms with Crippen molar-refractivity contribution >= 4 is 11.8 Å². The normalized spacial score (nSPS) is 13.4. The van der Waals surface area contributed by atoms with E-state index in [-0.39, 0.29) is 18.2 Å². The molecule has 0 spiro atoms. The third-order valence-electron chi connectivity index (χ3n) is 6.06. The van der Waals surface area contributed by atoms with Gasteiger partial charge in [-0.3, -0.25) is 9.59 Å². The Balaban J connectivity index is 1.55. The minimum atomic E-state index is -0.429. The fourth-order valence-electron chi connectivity index (χ4n) is 4.34. The van der Waals surface area contributed by atoms with Gasteiger partial charge in [0.15, 0.2) is 11.5 Å². The van der Waals surface area contributed by atoms with Crippen LogP contribution in [0.4, 0.5) is 0 Å². The van der Waals surface area contributed by atoms with Gasteiger partial charge in [-0.15, -0.1) is 0 Å². The lowest BCUT2D eigenvalue weighted by Gasteiger charge is -2.28. The lowest BCUT2D eigenvalue weighted by Crippen LogP contribution is -2.35. The minimum Gasteiger partial charge on any atom is -0.493 e. The standard InChI is InChI=1S/C28H30N2O4/c1-3-34-25-14-13-21(17-26(25)33-2)24(30-19-22-11-7-8-12-23(22)28(30)32)18-27(31)29-16-15-20-9-5-4-6-10-20/h4-14,17,24H,3,15-16,18-19H2,1-2H3,(H,29,31)/t24-/m1/s1. The average Bonchev–Trinajstić information content (AvgIpc) is 3.20. The Bertz CT molecular complexity index is 1150. The number of carbonyl (C=O) groups is 2. The number of nitrogens with one attached hydrogen (secondary N) is 1. The van der Waals surface area contributed by atoms with Gasteiger partial charge in [0.25, 0.3) is 5.91 Å². The number of fused-ring (bicyclic) bond motifs is 1. The number of hydrogen-bond donors (Lipinski definition) is 1. The topological polar surface area (TPSA) is 67.9 Å². The summed E-state index contributed by atoms with van der Waals surface area (Å²) in [5.74, 6) is 1.05. The molecule has 176 valence electrons. The third kappa shape index (κ3) is 5.22. The second kappa shape index (κ2) is 10.9. The van der Waals surface area contributed by atoms with Crippen molar-refractivity contribution in [2.75, 3.05) is 20.3 Å². The van der Waals surface area contributed by atoms with Crippen molar-refractivity contribution in [3.63, 3.8) is 0 Å². The number of methoxy groups -OCH3 is 1. The monoisotopic (exact) mass is 458 g/mol. The first-order chi connectivity index (χ1) is 16.6. The molecule has 6 nitrogen and oxygen atoms in total. The van der Waals surface area contributed by atoms with E-state index in [9.17, 15) is 9.59 Å². The van der Waals surface area contributed by atoms with E-state index in [0.29, 0.717) is 36.8 Å². The van der Waals surface area contributed by atoms with Crippen LogP contribution in [0, 0.1) is 0 Å². The molecule has 0 aliphatic carbocycles. The zero-order valence-corrected chi connectivity index (χ0v) is 19.6. The first-order valence-corrected chi connectivity index (χ1v) is 11.6. The van der Waals surface area contributed by atoms with Gasteiger partial charge in [0, 0.05) is 18.7 Å². The molecule has 3 aromatic rings. The molecule has 1 N–H and O–H groups in total. The van der Waals surface area contributed by atoms with Crippen LogP contribution in [0.3, 0.4) is 0 Å². The summed E-state index contributed by atoms with van der Waals surface area (Å²) in [7, 11) is 1.59. The molecule has 0 saturated carbocycles. The lowest BCUT2D eigenvalue weighted by atomic mass is 10.0. The Morgan fingerprint density at radius 1 is 1.03 bits per heavy atom. The maximum Gasteiger partial charge on any atom is 0.255 e. The smallest absolute Gasteiger partial charge is 0.255 e. The molecular formula is C28H30N2O4. The summed E-state index contributed by atoms with van der Waals surface area (Å²) >= 11 is 0. The second-order valence-corrected chi connectivity index (χ2v) is 8.24. The van der Waals surface area contributed by atoms with Crippen LogP contribution in [0.1, 0.15) is 46.4 Å². The zero-order valence-electron chi connectivity index (χ0n) is 19.6. The van der Waals surface area contributed by atoms with Crippen LogP contribution in [0.2, 0.25) is 0 Å². The van der Waals surface area contributed by atoms with Crippen LogP contribution in [-0.4, -0.2) is 37.0 Å². The number of hydrogen-bond acceptors (Lipinski definition) is 4. The van der Waals surface area contributed by atoms with Gasteiger partial charge in [0.2, 0.25) is 5.91 Å². The third-order valence-corrected chi connectivity index (χ3v) is 6.06. The highest BCUT2D eigenvalue weighted by Gasteiger charge is 2.34. The minimum absolute atomic E-state index is 0.0643. The molecule has 1 aliphatic rings. The molecule has 1 atom stereocenters. The van der Waals surface area contributed by atoms with Crippen molar-refractivity contribution in [3.05, 3.63) is 95.1 Å². The first kappa shape index (κ1) is 23.4. The highest BCUT2D eigenvalue weighted by molar-refractivity contribution is 5.98. The van der Waals surface area contributed by atoms with Gasteiger partial charge in [-0.2, -0.15) is 0 Å². The van der Waals surface area contributed by atoms with Crippen molar-refractivity contribution in [2.45, 2.75) is 32.4 Å². The van der Waals surface area contributed by atoms with E-state index in [2.05, 4.69) is 5.32 Å². The average molecular weight is 459 g/mol. The lowest BCUT2D eigenvalue weighted by molar-refractivity contribution is -0.122. The Labute approximate surface area is 200 Å². The summed E-state index contributed by atoms with van der Waals surface area (Å²) in [5.41, 5.74) is 3.66. The quantitative estimate of drug-likeness (QED) is 0.484. The molecule has 0 fully saturated rings. The molecule has 3 aromatic carbocycles. The summed E-state index contributed by atoms with van der Waals surface area (Å²) in [4.78, 5) is 28.0. The summed E-state index contributed by atoms with van der Waals surface area (Å²) < 4.78 is 11.2. The van der Waals surface area contributed by atoms with E-state index in [0.717, 1.165) is 17.5 Å². The van der Waals surface area contributed by atoms with Crippen molar-refractivity contribution in [1.82, 2.24) is 10.2 Å². The zero-order chi connectivity index (χ0) is 23.9. The van der Waals surface area contributed by atoms with Gasteiger partial charge in [0.05, 0.1) is 26.2 Å². The van der Waals surface area contributed by atoms with Crippen LogP contribution in [0.25, 0.3) is 0 Å². The van der Waals surface area contributed by atoms with Gasteiger partial charge in [-0.1, -0.05) is 54.6 Å². The Morgan fingerprint density at radius 2 is 1.79 bits per heavy atom. The Hall–Kier alpha value is -3.80. The molecular weight excluding hydrogens is 428 g/mol. The maximum atomic E-state index is 13.3. The van der Waals surface area contributed by atoms with Crippen molar-refractivity contribution in [2.24, 2.45) is 0 Å². The Kier molecular flexibility index (Phi) is 7.48. The Morgan fingerprint density at radius 3 is 2.53 bits per heavy atom. The van der Waals surface area contributed by atoms with E-state index in [1.165, 1.54) is 5.56 Å². The highest BCUT2D eigenvalue weighted by Crippen LogP contribution is 2.37. The highest BCUT2D eigenvalue weighted by atomic mass is 16.5. The van der Waals surface area contributed by atoms with Crippen molar-refractivity contribution < 1.29 is 19.1 Å². The van der Waals surface area contributed by atoms with Crippen LogP contribution < -0.4 is 14.8 Å². The summed E-state index contributed by atoms with van der Waals surface area (Å²) in [6, 6.07) is 22.8. The van der Waals surface area contributed by atoms with Gasteiger partial charge in [0.1, 0.15) is 0 Å². The number of carbonyl (C=O) groups excluding carboxylic acids is 2. The number of ether oxygens (including phenoxy) is 2. The van der Waals surface area contributed by atoms with Gasteiger partial charge in [-0.25, -0.2) is 0 Å². The largest absolute Gasteiger partial charge is 0.493 e. The number of amides is 2. The van der Waals surface area contributed by atoms with Gasteiger partial charge < -0.3 is 19.7 Å². The number of nitrogens with zero attached hydrogens (tertiary/aromatic N) is 1. The molecule has 0 unspecified atom stereocenters. The van der Waals surface area contributed by atoms with Crippen LogP contribution in [-0.2, 0) is 17.8 Å². The van der Waals surface area contributed by atoms with Gasteiger partial charge >= 0.3 is 0 Å². The fraction of sp³-hybridized carbons (Fsp3) is 0.286. The molecule has 0 radical (unpaired) electrons. The molecule has 4 rings (SSSR count). The molecule has 0 aromatic heterocycles.